The Hall–Kier alpha value is -2.28. The van der Waals surface area contributed by atoms with E-state index in [9.17, 15) is 9.18 Å². The Morgan fingerprint density at radius 3 is 3.10 bits per heavy atom. The maximum atomic E-state index is 13.3. The van der Waals surface area contributed by atoms with Crippen LogP contribution in [-0.4, -0.2) is 18.5 Å². The third kappa shape index (κ3) is 3.00. The summed E-state index contributed by atoms with van der Waals surface area (Å²) in [6, 6.07) is 2.22. The first-order valence-electron chi connectivity index (χ1n) is 5.66. The molecule has 1 aromatic rings. The highest BCUT2D eigenvalue weighted by Crippen LogP contribution is 2.27. The molecular formula is C12H11ClFN3O3. The second-order valence-corrected chi connectivity index (χ2v) is 4.13. The van der Waals surface area contributed by atoms with Crippen molar-refractivity contribution in [1.82, 2.24) is 5.43 Å². The number of rotatable bonds is 3. The third-order valence-corrected chi connectivity index (χ3v) is 2.73. The van der Waals surface area contributed by atoms with E-state index in [4.69, 9.17) is 26.8 Å². The Kier molecular flexibility index (Phi) is 4.09. The van der Waals surface area contributed by atoms with Crippen molar-refractivity contribution in [3.8, 4) is 0 Å². The fourth-order valence-corrected chi connectivity index (χ4v) is 1.68. The highest BCUT2D eigenvalue weighted by molar-refractivity contribution is 6.36. The highest BCUT2D eigenvalue weighted by atomic mass is 35.5. The lowest BCUT2D eigenvalue weighted by molar-refractivity contribution is -0.137. The van der Waals surface area contributed by atoms with Gasteiger partial charge in [-0.1, -0.05) is 11.6 Å². The number of halogens is 2. The molecule has 0 fully saturated rings. The first-order valence-corrected chi connectivity index (χ1v) is 6.04. The molecule has 0 saturated heterocycles. The average molecular weight is 300 g/mol. The van der Waals surface area contributed by atoms with Crippen LogP contribution in [0.1, 0.15) is 12.5 Å². The van der Waals surface area contributed by atoms with Gasteiger partial charge in [0, 0.05) is 0 Å². The predicted molar refractivity (Wildman–Crippen MR) is 71.3 cm³/mol. The largest absolute Gasteiger partial charge is 0.463 e. The van der Waals surface area contributed by atoms with Crippen molar-refractivity contribution in [3.05, 3.63) is 40.5 Å². The van der Waals surface area contributed by atoms with Gasteiger partial charge in [-0.2, -0.15) is 0 Å². The summed E-state index contributed by atoms with van der Waals surface area (Å²) in [5, 5.41) is 3.92. The monoisotopic (exact) mass is 299 g/mol. The molecule has 0 aliphatic carbocycles. The van der Waals surface area contributed by atoms with E-state index in [0.717, 1.165) is 18.2 Å². The number of nitrogens with two attached hydrogens (primary N) is 1. The minimum Gasteiger partial charge on any atom is -0.463 e. The van der Waals surface area contributed by atoms with Crippen LogP contribution >= 0.6 is 11.6 Å². The van der Waals surface area contributed by atoms with Crippen LogP contribution in [0.25, 0.3) is 0 Å². The smallest absolute Gasteiger partial charge is 0.336 e. The summed E-state index contributed by atoms with van der Waals surface area (Å²) in [5.41, 5.74) is 8.27. The molecule has 1 aliphatic rings. The van der Waals surface area contributed by atoms with E-state index in [1.165, 1.54) is 0 Å². The van der Waals surface area contributed by atoms with Gasteiger partial charge in [0.25, 0.3) is 0 Å². The fourth-order valence-electron chi connectivity index (χ4n) is 1.49. The van der Waals surface area contributed by atoms with Gasteiger partial charge in [-0.3, -0.25) is 0 Å². The lowest BCUT2D eigenvalue weighted by Crippen LogP contribution is -2.08. The molecule has 1 aromatic carbocycles. The summed E-state index contributed by atoms with van der Waals surface area (Å²) in [6.45, 7) is 1.92. The van der Waals surface area contributed by atoms with Gasteiger partial charge in [-0.25, -0.2) is 14.6 Å². The zero-order valence-corrected chi connectivity index (χ0v) is 11.2. The van der Waals surface area contributed by atoms with Crippen LogP contribution in [0.15, 0.2) is 29.2 Å². The van der Waals surface area contributed by atoms with Crippen LogP contribution in [0.5, 0.6) is 0 Å². The molecule has 0 radical (unpaired) electrons. The molecule has 0 amide bonds. The molecule has 0 atom stereocenters. The number of nitrogens with one attached hydrogen (secondary N) is 1. The number of hydrogen-bond acceptors (Lipinski definition) is 6. The van der Waals surface area contributed by atoms with Crippen LogP contribution in [0.4, 0.5) is 10.1 Å². The summed E-state index contributed by atoms with van der Waals surface area (Å²) < 4.78 is 23.3. The minimum atomic E-state index is -0.587. The summed E-state index contributed by atoms with van der Waals surface area (Å²) in [6.07, 6.45) is 1.08. The lowest BCUT2D eigenvalue weighted by Gasteiger charge is -2.06. The first kappa shape index (κ1) is 14.1. The number of ether oxygens (including phenoxy) is 2. The van der Waals surface area contributed by atoms with Gasteiger partial charge in [0.15, 0.2) is 0 Å². The number of carbonyl (C=O) groups excluding carboxylic acids is 1. The number of carbonyl (C=O) groups is 1. The number of nitrogens with zero attached hydrogens (tertiary/aromatic N) is 1. The second-order valence-electron chi connectivity index (χ2n) is 3.75. The molecule has 8 heteroatoms. The van der Waals surface area contributed by atoms with Gasteiger partial charge < -0.3 is 15.2 Å². The van der Waals surface area contributed by atoms with E-state index in [1.807, 2.05) is 0 Å². The van der Waals surface area contributed by atoms with E-state index >= 15 is 0 Å². The van der Waals surface area contributed by atoms with E-state index < -0.39 is 11.8 Å². The van der Waals surface area contributed by atoms with Crippen molar-refractivity contribution in [2.24, 2.45) is 5.10 Å². The van der Waals surface area contributed by atoms with E-state index in [-0.39, 0.29) is 34.7 Å². The van der Waals surface area contributed by atoms with Crippen molar-refractivity contribution in [2.45, 2.75) is 6.92 Å². The maximum absolute atomic E-state index is 13.3. The van der Waals surface area contributed by atoms with Gasteiger partial charge in [0.1, 0.15) is 5.82 Å². The Labute approximate surface area is 119 Å². The van der Waals surface area contributed by atoms with Crippen LogP contribution in [-0.2, 0) is 14.3 Å². The van der Waals surface area contributed by atoms with Gasteiger partial charge >= 0.3 is 5.97 Å². The summed E-state index contributed by atoms with van der Waals surface area (Å²) in [7, 11) is 0. The number of benzene rings is 1. The van der Waals surface area contributed by atoms with Crippen molar-refractivity contribution < 1.29 is 18.7 Å². The molecule has 2 rings (SSSR count). The molecule has 0 bridgehead atoms. The van der Waals surface area contributed by atoms with Crippen molar-refractivity contribution in [2.75, 3.05) is 12.3 Å². The van der Waals surface area contributed by atoms with Crippen molar-refractivity contribution in [1.29, 1.82) is 0 Å². The topological polar surface area (TPSA) is 85.9 Å². The quantitative estimate of drug-likeness (QED) is 0.504. The normalized spacial score (nSPS) is 15.6. The molecule has 1 heterocycles. The molecule has 0 spiro atoms. The molecule has 3 N–H and O–H groups in total. The second kappa shape index (κ2) is 5.79. The Bertz CT molecular complexity index is 616. The number of esters is 1. The molecule has 6 nitrogen and oxygen atoms in total. The molecule has 20 heavy (non-hydrogen) atoms. The fraction of sp³-hybridized carbons (Fsp3) is 0.167. The lowest BCUT2D eigenvalue weighted by atomic mass is 10.2. The first-order chi connectivity index (χ1) is 9.51. The highest BCUT2D eigenvalue weighted by Gasteiger charge is 2.21. The minimum absolute atomic E-state index is 0.0109. The van der Waals surface area contributed by atoms with Crippen molar-refractivity contribution in [3.63, 3.8) is 0 Å². The van der Waals surface area contributed by atoms with Gasteiger partial charge in [-0.05, 0) is 19.1 Å². The number of hydrazone groups is 1. The van der Waals surface area contributed by atoms with Crippen LogP contribution in [0.3, 0.4) is 0 Å². The Morgan fingerprint density at radius 2 is 2.40 bits per heavy atom. The van der Waals surface area contributed by atoms with Crippen LogP contribution in [0.2, 0.25) is 5.02 Å². The van der Waals surface area contributed by atoms with E-state index in [1.54, 1.807) is 6.92 Å². The zero-order chi connectivity index (χ0) is 14.7. The zero-order valence-electron chi connectivity index (χ0n) is 10.4. The summed E-state index contributed by atoms with van der Waals surface area (Å²) in [4.78, 5) is 11.2. The molecule has 1 aliphatic heterocycles. The number of nitrogen functional groups attached to an aromatic ring is 1. The van der Waals surface area contributed by atoms with Crippen LogP contribution in [0, 0.1) is 5.82 Å². The summed E-state index contributed by atoms with van der Waals surface area (Å²) >= 11 is 5.96. The molecule has 106 valence electrons. The molecule has 0 unspecified atom stereocenters. The molecular weight excluding hydrogens is 289 g/mol. The van der Waals surface area contributed by atoms with Gasteiger partial charge in [0.05, 0.1) is 29.0 Å². The van der Waals surface area contributed by atoms with E-state index in [2.05, 4.69) is 10.5 Å². The predicted octanol–water partition coefficient (Wildman–Crippen LogP) is 1.75. The summed E-state index contributed by atoms with van der Waals surface area (Å²) in [5.74, 6) is -1.10. The van der Waals surface area contributed by atoms with Gasteiger partial charge in [-0.15, -0.1) is 5.10 Å². The van der Waals surface area contributed by atoms with Crippen molar-refractivity contribution >= 4 is 29.2 Å². The number of anilines is 1. The number of hydrogen-bond donors (Lipinski definition) is 2. The SMILES string of the molecule is CCOC(=O)C=C1NN=C(c2cc(F)cc(N)c2Cl)O1. The standard InChI is InChI=1S/C12H11ClFN3O3/c1-2-19-10(18)5-9-16-17-12(20-9)7-3-6(14)4-8(15)11(7)13/h3-5,16H,2,15H2,1H3. The molecule has 0 saturated carbocycles. The van der Waals surface area contributed by atoms with Crippen LogP contribution < -0.4 is 11.2 Å². The molecule has 0 aromatic heterocycles. The van der Waals surface area contributed by atoms with E-state index in [0.29, 0.717) is 0 Å². The average Bonchev–Trinajstić information content (AvgIpc) is 2.82. The van der Waals surface area contributed by atoms with Gasteiger partial charge in [0.2, 0.25) is 11.8 Å². The Balaban J connectivity index is 2.20. The third-order valence-electron chi connectivity index (χ3n) is 2.31. The maximum Gasteiger partial charge on any atom is 0.336 e. The Morgan fingerprint density at radius 1 is 1.65 bits per heavy atom.